The fourth-order valence-electron chi connectivity index (χ4n) is 1.66. The average Bonchev–Trinajstić information content (AvgIpc) is 2.99. The first-order chi connectivity index (χ1) is 7.45. The summed E-state index contributed by atoms with van der Waals surface area (Å²) in [5, 5.41) is 5.06. The lowest BCUT2D eigenvalue weighted by Gasteiger charge is -2.26. The Morgan fingerprint density at radius 2 is 2.12 bits per heavy atom. The number of carbonyl (C=O) groups is 1. The molecule has 2 rings (SSSR count). The quantitative estimate of drug-likeness (QED) is 0.769. The molecule has 0 radical (unpaired) electrons. The molecule has 2 aliphatic rings. The van der Waals surface area contributed by atoms with Crippen molar-refractivity contribution in [2.45, 2.75) is 30.6 Å². The summed E-state index contributed by atoms with van der Waals surface area (Å²) >= 11 is 1.58. The Morgan fingerprint density at radius 3 is 2.56 bits per heavy atom. The summed E-state index contributed by atoms with van der Waals surface area (Å²) in [6.45, 7) is 0.668. The molecule has 2 fully saturated rings. The van der Waals surface area contributed by atoms with Gasteiger partial charge in [-0.3, -0.25) is 4.79 Å². The van der Waals surface area contributed by atoms with E-state index >= 15 is 0 Å². The molecule has 1 saturated carbocycles. The molecule has 16 heavy (non-hydrogen) atoms. The average molecular weight is 254 g/mol. The lowest BCUT2D eigenvalue weighted by molar-refractivity contribution is -0.170. The predicted molar refractivity (Wildman–Crippen MR) is 55.3 cm³/mol. The minimum atomic E-state index is -4.33. The maximum Gasteiger partial charge on any atom is 0.411 e. The second-order valence-corrected chi connectivity index (χ2v) is 5.30. The Bertz CT molecular complexity index is 285. The van der Waals surface area contributed by atoms with Crippen LogP contribution in [0.25, 0.3) is 0 Å². The highest BCUT2D eigenvalue weighted by atomic mass is 32.2. The number of nitrogens with one attached hydrogen (secondary N) is 2. The van der Waals surface area contributed by atoms with E-state index in [1.807, 2.05) is 0 Å². The van der Waals surface area contributed by atoms with Gasteiger partial charge in [-0.25, -0.2) is 0 Å². The zero-order chi connectivity index (χ0) is 11.8. The number of carbonyl (C=O) groups excluding carboxylic acids is 1. The van der Waals surface area contributed by atoms with Gasteiger partial charge in [-0.05, 0) is 12.8 Å². The SMILES string of the molecule is O=C(NC1(C(F)(F)F)CC1)C1CSCCN1. The minimum Gasteiger partial charge on any atom is -0.341 e. The van der Waals surface area contributed by atoms with E-state index in [1.54, 1.807) is 11.8 Å². The molecule has 1 aliphatic carbocycles. The molecule has 1 aliphatic heterocycles. The van der Waals surface area contributed by atoms with Gasteiger partial charge < -0.3 is 10.6 Å². The summed E-state index contributed by atoms with van der Waals surface area (Å²) in [6, 6.07) is -0.487. The number of halogens is 3. The van der Waals surface area contributed by atoms with E-state index < -0.39 is 23.7 Å². The van der Waals surface area contributed by atoms with Gasteiger partial charge in [0.25, 0.3) is 0 Å². The minimum absolute atomic E-state index is 0.00209. The summed E-state index contributed by atoms with van der Waals surface area (Å²) in [5.74, 6) is 0.913. The summed E-state index contributed by atoms with van der Waals surface area (Å²) in [6.07, 6.45) is -4.32. The van der Waals surface area contributed by atoms with Crippen molar-refractivity contribution >= 4 is 17.7 Å². The van der Waals surface area contributed by atoms with E-state index in [1.165, 1.54) is 0 Å². The third-order valence-corrected chi connectivity index (χ3v) is 3.96. The molecule has 0 aromatic rings. The third kappa shape index (κ3) is 2.29. The Hall–Kier alpha value is -0.430. The van der Waals surface area contributed by atoms with Crippen LogP contribution in [0.5, 0.6) is 0 Å². The highest BCUT2D eigenvalue weighted by molar-refractivity contribution is 7.99. The van der Waals surface area contributed by atoms with Crippen molar-refractivity contribution in [3.63, 3.8) is 0 Å². The summed E-state index contributed by atoms with van der Waals surface area (Å²) < 4.78 is 37.7. The van der Waals surface area contributed by atoms with Crippen LogP contribution in [0, 0.1) is 0 Å². The molecule has 7 heteroatoms. The van der Waals surface area contributed by atoms with Gasteiger partial charge in [-0.1, -0.05) is 0 Å². The van der Waals surface area contributed by atoms with Crippen molar-refractivity contribution in [2.75, 3.05) is 18.1 Å². The Labute approximate surface area is 95.5 Å². The van der Waals surface area contributed by atoms with Gasteiger partial charge in [0.1, 0.15) is 5.54 Å². The lowest BCUT2D eigenvalue weighted by Crippen LogP contribution is -2.56. The van der Waals surface area contributed by atoms with Crippen LogP contribution < -0.4 is 10.6 Å². The Kier molecular flexibility index (Phi) is 3.09. The summed E-state index contributed by atoms with van der Waals surface area (Å²) in [7, 11) is 0. The maximum absolute atomic E-state index is 12.6. The second kappa shape index (κ2) is 4.10. The zero-order valence-electron chi connectivity index (χ0n) is 8.56. The molecule has 0 bridgehead atoms. The van der Waals surface area contributed by atoms with E-state index in [-0.39, 0.29) is 12.8 Å². The van der Waals surface area contributed by atoms with E-state index in [9.17, 15) is 18.0 Å². The largest absolute Gasteiger partial charge is 0.411 e. The Balaban J connectivity index is 1.92. The van der Waals surface area contributed by atoms with Crippen molar-refractivity contribution in [3.05, 3.63) is 0 Å². The first-order valence-electron chi connectivity index (χ1n) is 5.14. The monoisotopic (exact) mass is 254 g/mol. The molecule has 92 valence electrons. The summed E-state index contributed by atoms with van der Waals surface area (Å²) in [5.41, 5.74) is -1.94. The number of rotatable bonds is 2. The highest BCUT2D eigenvalue weighted by Crippen LogP contribution is 2.48. The van der Waals surface area contributed by atoms with Crippen molar-refractivity contribution in [2.24, 2.45) is 0 Å². The van der Waals surface area contributed by atoms with Gasteiger partial charge >= 0.3 is 6.18 Å². The maximum atomic E-state index is 12.6. The molecule has 1 unspecified atom stereocenters. The van der Waals surface area contributed by atoms with Gasteiger partial charge in [-0.15, -0.1) is 0 Å². The molecule has 3 nitrogen and oxygen atoms in total. The highest BCUT2D eigenvalue weighted by Gasteiger charge is 2.64. The molecule has 1 atom stereocenters. The zero-order valence-corrected chi connectivity index (χ0v) is 9.38. The molecule has 0 aromatic carbocycles. The fourth-order valence-corrected chi connectivity index (χ4v) is 2.59. The van der Waals surface area contributed by atoms with Crippen LogP contribution in [-0.4, -0.2) is 41.7 Å². The first-order valence-corrected chi connectivity index (χ1v) is 6.30. The number of amides is 1. The fraction of sp³-hybridized carbons (Fsp3) is 0.889. The summed E-state index contributed by atoms with van der Waals surface area (Å²) in [4.78, 5) is 11.6. The van der Waals surface area contributed by atoms with Crippen LogP contribution in [0.2, 0.25) is 0 Å². The predicted octanol–water partition coefficient (Wildman–Crippen LogP) is 0.902. The normalized spacial score (nSPS) is 28.6. The van der Waals surface area contributed by atoms with Crippen LogP contribution in [0.15, 0.2) is 0 Å². The van der Waals surface area contributed by atoms with E-state index in [0.717, 1.165) is 5.75 Å². The molecular formula is C9H13F3N2OS. The molecule has 1 amide bonds. The van der Waals surface area contributed by atoms with Crippen molar-refractivity contribution < 1.29 is 18.0 Å². The molecule has 1 heterocycles. The second-order valence-electron chi connectivity index (χ2n) is 4.15. The molecule has 0 spiro atoms. The van der Waals surface area contributed by atoms with Gasteiger partial charge in [0, 0.05) is 18.1 Å². The van der Waals surface area contributed by atoms with Gasteiger partial charge in [0.2, 0.25) is 5.91 Å². The number of hydrogen-bond donors (Lipinski definition) is 2. The Morgan fingerprint density at radius 1 is 1.44 bits per heavy atom. The third-order valence-electron chi connectivity index (χ3n) is 2.89. The van der Waals surface area contributed by atoms with Crippen LogP contribution in [0.1, 0.15) is 12.8 Å². The van der Waals surface area contributed by atoms with Crippen LogP contribution in [-0.2, 0) is 4.79 Å². The van der Waals surface area contributed by atoms with Gasteiger partial charge in [-0.2, -0.15) is 24.9 Å². The molecular weight excluding hydrogens is 241 g/mol. The van der Waals surface area contributed by atoms with Crippen LogP contribution in [0.3, 0.4) is 0 Å². The van der Waals surface area contributed by atoms with E-state index in [2.05, 4.69) is 10.6 Å². The lowest BCUT2D eigenvalue weighted by atomic mass is 10.2. The van der Waals surface area contributed by atoms with Crippen LogP contribution >= 0.6 is 11.8 Å². The molecule has 0 aromatic heterocycles. The molecule has 2 N–H and O–H groups in total. The topological polar surface area (TPSA) is 41.1 Å². The van der Waals surface area contributed by atoms with Crippen molar-refractivity contribution in [1.82, 2.24) is 10.6 Å². The van der Waals surface area contributed by atoms with Gasteiger partial charge in [0.05, 0.1) is 6.04 Å². The number of hydrogen-bond acceptors (Lipinski definition) is 3. The standard InChI is InChI=1S/C9H13F3N2OS/c10-9(11,12)8(1-2-8)14-7(15)6-5-16-4-3-13-6/h6,13H,1-5H2,(H,14,15). The van der Waals surface area contributed by atoms with Crippen LogP contribution in [0.4, 0.5) is 13.2 Å². The smallest absolute Gasteiger partial charge is 0.341 e. The first kappa shape index (κ1) is 12.0. The number of alkyl halides is 3. The van der Waals surface area contributed by atoms with Crippen molar-refractivity contribution in [1.29, 1.82) is 0 Å². The van der Waals surface area contributed by atoms with E-state index in [4.69, 9.17) is 0 Å². The molecule has 1 saturated heterocycles. The van der Waals surface area contributed by atoms with Crippen molar-refractivity contribution in [3.8, 4) is 0 Å². The number of thioether (sulfide) groups is 1. The van der Waals surface area contributed by atoms with E-state index in [0.29, 0.717) is 12.3 Å². The van der Waals surface area contributed by atoms with Gasteiger partial charge in [0.15, 0.2) is 0 Å².